The number of carbonyl (C=O) groups excluding carboxylic acids is 1. The van der Waals surface area contributed by atoms with Gasteiger partial charge in [0.2, 0.25) is 5.91 Å². The van der Waals surface area contributed by atoms with Crippen molar-refractivity contribution in [2.24, 2.45) is 5.92 Å². The first-order valence-electron chi connectivity index (χ1n) is 10.4. The fourth-order valence-electron chi connectivity index (χ4n) is 4.28. The highest BCUT2D eigenvalue weighted by atomic mass is 32.1. The maximum atomic E-state index is 13.0. The maximum Gasteiger partial charge on any atom is 0.262 e. The molecule has 0 radical (unpaired) electrons. The molecule has 0 aromatic carbocycles. The lowest BCUT2D eigenvalue weighted by Gasteiger charge is -2.15. The summed E-state index contributed by atoms with van der Waals surface area (Å²) in [6.45, 7) is 2.47. The zero-order chi connectivity index (χ0) is 20.0. The van der Waals surface area contributed by atoms with E-state index in [0.717, 1.165) is 35.3 Å². The van der Waals surface area contributed by atoms with Crippen LogP contribution in [0.2, 0.25) is 0 Å². The molecule has 152 valence electrons. The summed E-state index contributed by atoms with van der Waals surface area (Å²) in [4.78, 5) is 32.2. The van der Waals surface area contributed by atoms with Gasteiger partial charge in [-0.2, -0.15) is 5.10 Å². The number of hydrogen-bond acceptors (Lipinski definition) is 5. The van der Waals surface area contributed by atoms with Crippen LogP contribution in [0.5, 0.6) is 0 Å². The molecule has 3 aromatic rings. The number of hydrogen-bond donors (Lipinski definition) is 1. The quantitative estimate of drug-likeness (QED) is 0.673. The van der Waals surface area contributed by atoms with Gasteiger partial charge in [-0.15, -0.1) is 11.3 Å². The molecular formula is C21H25N5O2S. The lowest BCUT2D eigenvalue weighted by Crippen LogP contribution is -2.25. The standard InChI is InChI=1S/C21H25N5O2S/c1-13(14-6-7-14)26-17(8-10-23-26)24-18(27)9-11-25-12-22-20-19(21(25)28)15-4-2-3-5-16(15)29-20/h8,10,12-14H,2-7,9,11H2,1H3,(H,24,27). The Labute approximate surface area is 172 Å². The molecule has 1 saturated carbocycles. The van der Waals surface area contributed by atoms with Crippen LogP contribution in [0, 0.1) is 5.92 Å². The predicted molar refractivity (Wildman–Crippen MR) is 113 cm³/mol. The molecule has 1 N–H and O–H groups in total. The Morgan fingerprint density at radius 2 is 2.17 bits per heavy atom. The highest BCUT2D eigenvalue weighted by molar-refractivity contribution is 7.18. The summed E-state index contributed by atoms with van der Waals surface area (Å²) in [6, 6.07) is 2.12. The average molecular weight is 412 g/mol. The Morgan fingerprint density at radius 3 is 3.00 bits per heavy atom. The molecule has 0 bridgehead atoms. The number of anilines is 1. The van der Waals surface area contributed by atoms with E-state index in [2.05, 4.69) is 22.3 Å². The Bertz CT molecular complexity index is 1120. The van der Waals surface area contributed by atoms with Gasteiger partial charge < -0.3 is 5.32 Å². The number of fused-ring (bicyclic) bond motifs is 3. The summed E-state index contributed by atoms with van der Waals surface area (Å²) >= 11 is 1.65. The van der Waals surface area contributed by atoms with Gasteiger partial charge in [0.15, 0.2) is 0 Å². The minimum atomic E-state index is -0.117. The molecule has 0 spiro atoms. The van der Waals surface area contributed by atoms with Crippen molar-refractivity contribution >= 4 is 33.3 Å². The number of nitrogens with zero attached hydrogens (tertiary/aromatic N) is 4. The van der Waals surface area contributed by atoms with Crippen LogP contribution in [-0.2, 0) is 24.2 Å². The second-order valence-corrected chi connectivity index (χ2v) is 9.26. The number of aromatic nitrogens is 4. The molecule has 7 nitrogen and oxygen atoms in total. The second kappa shape index (κ2) is 7.40. The topological polar surface area (TPSA) is 81.8 Å². The van der Waals surface area contributed by atoms with Crippen molar-refractivity contribution in [2.75, 3.05) is 5.32 Å². The van der Waals surface area contributed by atoms with Crippen molar-refractivity contribution in [3.05, 3.63) is 39.4 Å². The molecule has 3 aromatic heterocycles. The number of amides is 1. The molecule has 5 rings (SSSR count). The van der Waals surface area contributed by atoms with E-state index in [1.807, 2.05) is 10.7 Å². The van der Waals surface area contributed by atoms with E-state index in [-0.39, 0.29) is 17.9 Å². The van der Waals surface area contributed by atoms with Crippen molar-refractivity contribution in [3.8, 4) is 0 Å². The Kier molecular flexibility index (Phi) is 4.73. The molecule has 2 aliphatic carbocycles. The van der Waals surface area contributed by atoms with E-state index < -0.39 is 0 Å². The van der Waals surface area contributed by atoms with Crippen LogP contribution in [0.15, 0.2) is 23.4 Å². The third kappa shape index (κ3) is 3.50. The van der Waals surface area contributed by atoms with Gasteiger partial charge in [-0.25, -0.2) is 9.67 Å². The van der Waals surface area contributed by atoms with E-state index in [1.54, 1.807) is 28.4 Å². The summed E-state index contributed by atoms with van der Waals surface area (Å²) in [7, 11) is 0. The van der Waals surface area contributed by atoms with E-state index in [0.29, 0.717) is 18.5 Å². The summed E-state index contributed by atoms with van der Waals surface area (Å²) < 4.78 is 3.47. The largest absolute Gasteiger partial charge is 0.311 e. The highest BCUT2D eigenvalue weighted by Gasteiger charge is 2.30. The van der Waals surface area contributed by atoms with Gasteiger partial charge in [-0.1, -0.05) is 0 Å². The van der Waals surface area contributed by atoms with Crippen LogP contribution in [0.3, 0.4) is 0 Å². The molecule has 1 atom stereocenters. The summed E-state index contributed by atoms with van der Waals surface area (Å²) in [5, 5.41) is 8.09. The molecule has 0 aliphatic heterocycles. The van der Waals surface area contributed by atoms with Crippen LogP contribution < -0.4 is 10.9 Å². The molecule has 1 fully saturated rings. The monoisotopic (exact) mass is 411 g/mol. The first-order valence-corrected chi connectivity index (χ1v) is 11.3. The minimum Gasteiger partial charge on any atom is -0.311 e. The van der Waals surface area contributed by atoms with Crippen LogP contribution in [-0.4, -0.2) is 25.2 Å². The van der Waals surface area contributed by atoms with Crippen molar-refractivity contribution in [3.63, 3.8) is 0 Å². The SMILES string of the molecule is CC(C1CC1)n1nccc1NC(=O)CCn1cnc2sc3c(c2c1=O)CCCC3. The molecular weight excluding hydrogens is 386 g/mol. The molecule has 1 amide bonds. The molecule has 8 heteroatoms. The van der Waals surface area contributed by atoms with Crippen LogP contribution in [0.1, 0.15) is 55.5 Å². The molecule has 3 heterocycles. The third-order valence-electron chi connectivity index (χ3n) is 6.15. The van der Waals surface area contributed by atoms with Gasteiger partial charge in [0.25, 0.3) is 5.56 Å². The Hall–Kier alpha value is -2.48. The maximum absolute atomic E-state index is 13.0. The van der Waals surface area contributed by atoms with Gasteiger partial charge in [0, 0.05) is 23.9 Å². The fourth-order valence-corrected chi connectivity index (χ4v) is 5.50. The number of carbonyl (C=O) groups is 1. The smallest absolute Gasteiger partial charge is 0.262 e. The van der Waals surface area contributed by atoms with Crippen molar-refractivity contribution < 1.29 is 4.79 Å². The predicted octanol–water partition coefficient (Wildman–Crippen LogP) is 3.53. The second-order valence-electron chi connectivity index (χ2n) is 8.17. The highest BCUT2D eigenvalue weighted by Crippen LogP contribution is 2.40. The van der Waals surface area contributed by atoms with Crippen LogP contribution in [0.25, 0.3) is 10.2 Å². The van der Waals surface area contributed by atoms with E-state index in [1.165, 1.54) is 29.7 Å². The summed E-state index contributed by atoms with van der Waals surface area (Å²) in [5.74, 6) is 1.26. The number of aryl methyl sites for hydroxylation is 3. The molecule has 0 saturated heterocycles. The Morgan fingerprint density at radius 1 is 1.34 bits per heavy atom. The summed E-state index contributed by atoms with van der Waals surface area (Å²) in [5.41, 5.74) is 1.17. The zero-order valence-corrected chi connectivity index (χ0v) is 17.4. The van der Waals surface area contributed by atoms with E-state index in [9.17, 15) is 9.59 Å². The Balaban J connectivity index is 1.30. The van der Waals surface area contributed by atoms with Gasteiger partial charge in [-0.3, -0.25) is 14.2 Å². The first kappa shape index (κ1) is 18.5. The number of rotatable bonds is 6. The van der Waals surface area contributed by atoms with Gasteiger partial charge in [0.1, 0.15) is 10.6 Å². The minimum absolute atomic E-state index is 0.0189. The van der Waals surface area contributed by atoms with Crippen LogP contribution >= 0.6 is 11.3 Å². The first-order chi connectivity index (χ1) is 14.1. The molecule has 2 aliphatic rings. The molecule has 29 heavy (non-hydrogen) atoms. The van der Waals surface area contributed by atoms with Crippen molar-refractivity contribution in [2.45, 2.75) is 64.5 Å². The lowest BCUT2D eigenvalue weighted by molar-refractivity contribution is -0.116. The lowest BCUT2D eigenvalue weighted by atomic mass is 9.97. The number of nitrogens with one attached hydrogen (secondary N) is 1. The fraction of sp³-hybridized carbons (Fsp3) is 0.524. The normalized spacial score (nSPS) is 17.3. The van der Waals surface area contributed by atoms with Crippen molar-refractivity contribution in [1.82, 2.24) is 19.3 Å². The van der Waals surface area contributed by atoms with Gasteiger partial charge in [0.05, 0.1) is 24.0 Å². The number of thiophene rings is 1. The van der Waals surface area contributed by atoms with E-state index in [4.69, 9.17) is 0 Å². The summed E-state index contributed by atoms with van der Waals surface area (Å²) in [6.07, 6.45) is 10.3. The average Bonchev–Trinajstić information content (AvgIpc) is 3.35. The van der Waals surface area contributed by atoms with Gasteiger partial charge in [-0.05, 0) is 56.9 Å². The van der Waals surface area contributed by atoms with Gasteiger partial charge >= 0.3 is 0 Å². The zero-order valence-electron chi connectivity index (χ0n) is 16.6. The third-order valence-corrected chi connectivity index (χ3v) is 7.35. The van der Waals surface area contributed by atoms with Crippen LogP contribution in [0.4, 0.5) is 5.82 Å². The van der Waals surface area contributed by atoms with Crippen molar-refractivity contribution in [1.29, 1.82) is 0 Å². The van der Waals surface area contributed by atoms with E-state index >= 15 is 0 Å². The molecule has 1 unspecified atom stereocenters.